The second-order valence-corrected chi connectivity index (χ2v) is 4.87. The molecule has 0 radical (unpaired) electrons. The summed E-state index contributed by atoms with van der Waals surface area (Å²) in [6.45, 7) is 2.57. The van der Waals surface area contributed by atoms with Gasteiger partial charge < -0.3 is 4.90 Å². The van der Waals surface area contributed by atoms with Gasteiger partial charge in [0.1, 0.15) is 5.38 Å². The smallest absolute Gasteiger partial charge is 0.240 e. The highest BCUT2D eigenvalue weighted by Gasteiger charge is 2.31. The van der Waals surface area contributed by atoms with Crippen molar-refractivity contribution in [3.63, 3.8) is 0 Å². The lowest BCUT2D eigenvalue weighted by molar-refractivity contribution is -0.131. The minimum atomic E-state index is -0.427. The summed E-state index contributed by atoms with van der Waals surface area (Å²) in [7, 11) is 0. The van der Waals surface area contributed by atoms with Crippen molar-refractivity contribution in [2.45, 2.75) is 31.2 Å². The summed E-state index contributed by atoms with van der Waals surface area (Å²) in [5.41, 5.74) is 1.21. The van der Waals surface area contributed by atoms with Crippen LogP contribution in [-0.4, -0.2) is 22.7 Å². The summed E-state index contributed by atoms with van der Waals surface area (Å²) in [5, 5.41) is -0.427. The first-order valence-electron chi connectivity index (χ1n) is 5.69. The number of alkyl halides is 1. The molecule has 86 valence electrons. The summed E-state index contributed by atoms with van der Waals surface area (Å²) in [6, 6.07) is 10.4. The maximum Gasteiger partial charge on any atom is 0.240 e. The zero-order valence-corrected chi connectivity index (χ0v) is 10.2. The molecule has 1 aromatic rings. The largest absolute Gasteiger partial charge is 0.334 e. The van der Waals surface area contributed by atoms with Gasteiger partial charge >= 0.3 is 0 Å². The number of nitrogens with zero attached hydrogens (tertiary/aromatic N) is 1. The molecular formula is C13H16ClNO. The maximum absolute atomic E-state index is 11.9. The highest BCUT2D eigenvalue weighted by Crippen LogP contribution is 2.32. The maximum atomic E-state index is 11.9. The van der Waals surface area contributed by atoms with E-state index in [1.807, 2.05) is 23.1 Å². The molecule has 0 spiro atoms. The van der Waals surface area contributed by atoms with Gasteiger partial charge in [-0.25, -0.2) is 0 Å². The molecule has 1 aliphatic heterocycles. The van der Waals surface area contributed by atoms with Crippen LogP contribution in [0.1, 0.15) is 31.4 Å². The Balaban J connectivity index is 2.19. The third-order valence-electron chi connectivity index (χ3n) is 3.06. The van der Waals surface area contributed by atoms with Crippen LogP contribution < -0.4 is 0 Å². The van der Waals surface area contributed by atoms with Gasteiger partial charge in [0.25, 0.3) is 0 Å². The van der Waals surface area contributed by atoms with Gasteiger partial charge in [-0.3, -0.25) is 4.79 Å². The number of benzene rings is 1. The average Bonchev–Trinajstić information content (AvgIpc) is 2.77. The van der Waals surface area contributed by atoms with Crippen molar-refractivity contribution < 1.29 is 4.79 Å². The van der Waals surface area contributed by atoms with Crippen LogP contribution in [0, 0.1) is 0 Å². The molecule has 16 heavy (non-hydrogen) atoms. The third-order valence-corrected chi connectivity index (χ3v) is 3.25. The monoisotopic (exact) mass is 237 g/mol. The van der Waals surface area contributed by atoms with Crippen LogP contribution in [0.3, 0.4) is 0 Å². The van der Waals surface area contributed by atoms with E-state index in [-0.39, 0.29) is 11.9 Å². The SMILES string of the molecule is CC(Cl)C(=O)N1CCCC1c1ccccc1. The van der Waals surface area contributed by atoms with Crippen molar-refractivity contribution in [3.8, 4) is 0 Å². The van der Waals surface area contributed by atoms with Crippen molar-refractivity contribution in [2.75, 3.05) is 6.54 Å². The van der Waals surface area contributed by atoms with E-state index in [1.165, 1.54) is 5.56 Å². The van der Waals surface area contributed by atoms with Crippen molar-refractivity contribution in [1.29, 1.82) is 0 Å². The second kappa shape index (κ2) is 4.88. The fourth-order valence-electron chi connectivity index (χ4n) is 2.28. The fraction of sp³-hybridized carbons (Fsp3) is 0.462. The van der Waals surface area contributed by atoms with E-state index >= 15 is 0 Å². The van der Waals surface area contributed by atoms with E-state index in [1.54, 1.807) is 6.92 Å². The molecule has 2 atom stereocenters. The lowest BCUT2D eigenvalue weighted by atomic mass is 10.0. The number of hydrogen-bond acceptors (Lipinski definition) is 1. The summed E-state index contributed by atoms with van der Waals surface area (Å²) in [6.07, 6.45) is 2.11. The van der Waals surface area contributed by atoms with E-state index < -0.39 is 5.38 Å². The molecule has 2 rings (SSSR count). The Bertz CT molecular complexity index is 363. The summed E-state index contributed by atoms with van der Waals surface area (Å²) >= 11 is 5.87. The van der Waals surface area contributed by atoms with Gasteiger partial charge in [-0.2, -0.15) is 0 Å². The number of likely N-dealkylation sites (tertiary alicyclic amines) is 1. The Hall–Kier alpha value is -1.02. The Morgan fingerprint density at radius 1 is 1.44 bits per heavy atom. The topological polar surface area (TPSA) is 20.3 Å². The lowest BCUT2D eigenvalue weighted by Crippen LogP contribution is -2.35. The third kappa shape index (κ3) is 2.22. The Morgan fingerprint density at radius 2 is 2.12 bits per heavy atom. The normalized spacial score (nSPS) is 22.1. The summed E-state index contributed by atoms with van der Waals surface area (Å²) in [4.78, 5) is 13.8. The minimum absolute atomic E-state index is 0.0491. The first kappa shape index (κ1) is 11.5. The molecule has 1 aliphatic rings. The molecule has 1 fully saturated rings. The molecule has 1 heterocycles. The predicted octanol–water partition coefficient (Wildman–Crippen LogP) is 2.98. The quantitative estimate of drug-likeness (QED) is 0.725. The molecule has 1 amide bonds. The van der Waals surface area contributed by atoms with Gasteiger partial charge in [0, 0.05) is 6.54 Å². The molecule has 0 saturated carbocycles. The fourth-order valence-corrected chi connectivity index (χ4v) is 2.41. The number of halogens is 1. The Morgan fingerprint density at radius 3 is 2.75 bits per heavy atom. The van der Waals surface area contributed by atoms with E-state index in [4.69, 9.17) is 11.6 Å². The van der Waals surface area contributed by atoms with Gasteiger partial charge in [-0.1, -0.05) is 30.3 Å². The van der Waals surface area contributed by atoms with Gasteiger partial charge in [-0.15, -0.1) is 11.6 Å². The molecular weight excluding hydrogens is 222 g/mol. The molecule has 0 N–H and O–H groups in total. The van der Waals surface area contributed by atoms with E-state index in [2.05, 4.69) is 12.1 Å². The van der Waals surface area contributed by atoms with E-state index in [0.717, 1.165) is 19.4 Å². The van der Waals surface area contributed by atoms with E-state index in [9.17, 15) is 4.79 Å². The first-order chi connectivity index (χ1) is 7.70. The molecule has 0 bridgehead atoms. The molecule has 2 nitrogen and oxygen atoms in total. The van der Waals surface area contributed by atoms with Crippen LogP contribution in [0.5, 0.6) is 0 Å². The Kier molecular flexibility index (Phi) is 3.49. The molecule has 1 saturated heterocycles. The summed E-state index contributed by atoms with van der Waals surface area (Å²) in [5.74, 6) is 0.0491. The second-order valence-electron chi connectivity index (χ2n) is 4.22. The van der Waals surface area contributed by atoms with Crippen LogP contribution in [0.25, 0.3) is 0 Å². The summed E-state index contributed by atoms with van der Waals surface area (Å²) < 4.78 is 0. The molecule has 3 heteroatoms. The van der Waals surface area contributed by atoms with Gasteiger partial charge in [0.15, 0.2) is 0 Å². The van der Waals surface area contributed by atoms with Crippen molar-refractivity contribution >= 4 is 17.5 Å². The van der Waals surface area contributed by atoms with Gasteiger partial charge in [-0.05, 0) is 25.3 Å². The van der Waals surface area contributed by atoms with Crippen molar-refractivity contribution in [1.82, 2.24) is 4.90 Å². The average molecular weight is 238 g/mol. The van der Waals surface area contributed by atoms with Crippen LogP contribution in [0.15, 0.2) is 30.3 Å². The van der Waals surface area contributed by atoms with Crippen LogP contribution >= 0.6 is 11.6 Å². The highest BCUT2D eigenvalue weighted by atomic mass is 35.5. The van der Waals surface area contributed by atoms with E-state index in [0.29, 0.717) is 0 Å². The molecule has 0 aliphatic carbocycles. The number of carbonyl (C=O) groups excluding carboxylic acids is 1. The predicted molar refractivity (Wildman–Crippen MR) is 65.4 cm³/mol. The van der Waals surface area contributed by atoms with Crippen LogP contribution in [-0.2, 0) is 4.79 Å². The standard InChI is InChI=1S/C13H16ClNO/c1-10(14)13(16)15-9-5-8-12(15)11-6-3-2-4-7-11/h2-4,6-7,10,12H,5,8-9H2,1H3. The highest BCUT2D eigenvalue weighted by molar-refractivity contribution is 6.30. The number of carbonyl (C=O) groups is 1. The molecule has 2 unspecified atom stereocenters. The van der Waals surface area contributed by atoms with Crippen LogP contribution in [0.4, 0.5) is 0 Å². The minimum Gasteiger partial charge on any atom is -0.334 e. The number of amides is 1. The number of rotatable bonds is 2. The van der Waals surface area contributed by atoms with Gasteiger partial charge in [0.05, 0.1) is 6.04 Å². The van der Waals surface area contributed by atoms with Crippen molar-refractivity contribution in [3.05, 3.63) is 35.9 Å². The Labute approximate surface area is 101 Å². The van der Waals surface area contributed by atoms with Crippen LogP contribution in [0.2, 0.25) is 0 Å². The first-order valence-corrected chi connectivity index (χ1v) is 6.13. The zero-order chi connectivity index (χ0) is 11.5. The molecule has 1 aromatic carbocycles. The van der Waals surface area contributed by atoms with Crippen molar-refractivity contribution in [2.24, 2.45) is 0 Å². The zero-order valence-electron chi connectivity index (χ0n) is 9.40. The van der Waals surface area contributed by atoms with Gasteiger partial charge in [0.2, 0.25) is 5.91 Å². The number of hydrogen-bond donors (Lipinski definition) is 0. The molecule has 0 aromatic heterocycles. The lowest BCUT2D eigenvalue weighted by Gasteiger charge is -2.26.